The van der Waals surface area contributed by atoms with Crippen LogP contribution >= 0.6 is 23.2 Å². The second kappa shape index (κ2) is 7.11. The van der Waals surface area contributed by atoms with Crippen LogP contribution in [0.2, 0.25) is 10.0 Å². The van der Waals surface area contributed by atoms with Gasteiger partial charge in [-0.3, -0.25) is 14.5 Å². The maximum absolute atomic E-state index is 12.0. The number of rotatable bonds is 4. The Morgan fingerprint density at radius 3 is 2.81 bits per heavy atom. The third-order valence-electron chi connectivity index (χ3n) is 3.38. The number of nitrogens with one attached hydrogen (secondary N) is 1. The summed E-state index contributed by atoms with van der Waals surface area (Å²) in [6, 6.07) is 4.92. The lowest BCUT2D eigenvalue weighted by atomic mass is 10.1. The standard InChI is InChI=1S/C14H16Cl2N2O3/c1-21-14(20)9-4-5-18(7-9)8-13(19)17-10-2-3-11(15)12(16)6-10/h2-3,6,9H,4-5,7-8H2,1H3,(H,17,19). The minimum atomic E-state index is -0.220. The quantitative estimate of drug-likeness (QED) is 0.861. The summed E-state index contributed by atoms with van der Waals surface area (Å²) in [6.45, 7) is 1.48. The Hall–Kier alpha value is -1.30. The van der Waals surface area contributed by atoms with E-state index in [2.05, 4.69) is 5.32 Å². The van der Waals surface area contributed by atoms with Gasteiger partial charge >= 0.3 is 5.97 Å². The maximum Gasteiger partial charge on any atom is 0.310 e. The highest BCUT2D eigenvalue weighted by molar-refractivity contribution is 6.42. The summed E-state index contributed by atoms with van der Waals surface area (Å²) in [6.07, 6.45) is 0.715. The molecule has 2 rings (SSSR count). The van der Waals surface area contributed by atoms with Gasteiger partial charge in [0.05, 0.1) is 29.6 Å². The van der Waals surface area contributed by atoms with Gasteiger partial charge in [0.2, 0.25) is 5.91 Å². The predicted octanol–water partition coefficient (Wildman–Crippen LogP) is 2.43. The van der Waals surface area contributed by atoms with Gasteiger partial charge in [0.25, 0.3) is 0 Å². The smallest absolute Gasteiger partial charge is 0.310 e. The molecule has 7 heteroatoms. The molecule has 0 aromatic heterocycles. The summed E-state index contributed by atoms with van der Waals surface area (Å²) >= 11 is 11.7. The molecule has 21 heavy (non-hydrogen) atoms. The Bertz CT molecular complexity index is 551. The molecule has 0 bridgehead atoms. The number of anilines is 1. The normalized spacial score (nSPS) is 18.5. The number of amides is 1. The molecule has 0 spiro atoms. The van der Waals surface area contributed by atoms with Gasteiger partial charge < -0.3 is 10.1 Å². The molecular formula is C14H16Cl2N2O3. The van der Waals surface area contributed by atoms with Crippen molar-refractivity contribution in [2.45, 2.75) is 6.42 Å². The summed E-state index contributed by atoms with van der Waals surface area (Å²) < 4.78 is 4.71. The van der Waals surface area contributed by atoms with Gasteiger partial charge in [0.15, 0.2) is 0 Å². The fourth-order valence-electron chi connectivity index (χ4n) is 2.31. The zero-order valence-corrected chi connectivity index (χ0v) is 13.1. The van der Waals surface area contributed by atoms with Crippen LogP contribution < -0.4 is 5.32 Å². The topological polar surface area (TPSA) is 58.6 Å². The Balaban J connectivity index is 1.85. The molecule has 114 valence electrons. The number of carbonyl (C=O) groups excluding carboxylic acids is 2. The average molecular weight is 331 g/mol. The van der Waals surface area contributed by atoms with Crippen molar-refractivity contribution in [1.29, 1.82) is 0 Å². The van der Waals surface area contributed by atoms with Crippen LogP contribution in [0.4, 0.5) is 5.69 Å². The Morgan fingerprint density at radius 1 is 1.38 bits per heavy atom. The zero-order chi connectivity index (χ0) is 15.4. The monoisotopic (exact) mass is 330 g/mol. The summed E-state index contributed by atoms with van der Waals surface area (Å²) in [4.78, 5) is 25.3. The van der Waals surface area contributed by atoms with Crippen molar-refractivity contribution in [3.05, 3.63) is 28.2 Å². The Labute approximate surface area is 133 Å². The molecule has 1 amide bonds. The summed E-state index contributed by atoms with van der Waals surface area (Å²) in [5, 5.41) is 3.59. The largest absolute Gasteiger partial charge is 0.469 e. The molecule has 1 saturated heterocycles. The van der Waals surface area contributed by atoms with Crippen molar-refractivity contribution in [3.63, 3.8) is 0 Å². The SMILES string of the molecule is COC(=O)C1CCN(CC(=O)Nc2ccc(Cl)c(Cl)c2)C1. The van der Waals surface area contributed by atoms with Gasteiger partial charge in [0.1, 0.15) is 0 Å². The molecule has 1 aliphatic heterocycles. The third-order valence-corrected chi connectivity index (χ3v) is 4.12. The molecular weight excluding hydrogens is 315 g/mol. The fraction of sp³-hybridized carbons (Fsp3) is 0.429. The highest BCUT2D eigenvalue weighted by Gasteiger charge is 2.29. The van der Waals surface area contributed by atoms with E-state index in [0.29, 0.717) is 35.2 Å². The minimum absolute atomic E-state index is 0.146. The number of methoxy groups -OCH3 is 1. The molecule has 1 aromatic rings. The van der Waals surface area contributed by atoms with E-state index in [4.69, 9.17) is 27.9 Å². The highest BCUT2D eigenvalue weighted by Crippen LogP contribution is 2.25. The van der Waals surface area contributed by atoms with E-state index in [0.717, 1.165) is 0 Å². The van der Waals surface area contributed by atoms with Crippen LogP contribution in [-0.4, -0.2) is 43.5 Å². The lowest BCUT2D eigenvalue weighted by Gasteiger charge is -2.15. The van der Waals surface area contributed by atoms with E-state index >= 15 is 0 Å². The van der Waals surface area contributed by atoms with E-state index in [1.807, 2.05) is 4.90 Å². The molecule has 1 fully saturated rings. The number of halogens is 2. The van der Waals surface area contributed by atoms with Gasteiger partial charge in [-0.25, -0.2) is 0 Å². The van der Waals surface area contributed by atoms with Gasteiger partial charge in [-0.05, 0) is 31.2 Å². The first-order chi connectivity index (χ1) is 9.99. The molecule has 0 aliphatic carbocycles. The van der Waals surface area contributed by atoms with Crippen LogP contribution in [0.5, 0.6) is 0 Å². The predicted molar refractivity (Wildman–Crippen MR) is 81.7 cm³/mol. The summed E-state index contributed by atoms with van der Waals surface area (Å²) in [5.41, 5.74) is 0.595. The van der Waals surface area contributed by atoms with Crippen molar-refractivity contribution in [3.8, 4) is 0 Å². The number of ether oxygens (including phenoxy) is 1. The fourth-order valence-corrected chi connectivity index (χ4v) is 2.61. The van der Waals surface area contributed by atoms with E-state index in [-0.39, 0.29) is 24.3 Å². The van der Waals surface area contributed by atoms with Gasteiger partial charge in [-0.2, -0.15) is 0 Å². The first-order valence-electron chi connectivity index (χ1n) is 6.54. The number of benzene rings is 1. The zero-order valence-electron chi connectivity index (χ0n) is 11.6. The minimum Gasteiger partial charge on any atom is -0.469 e. The molecule has 1 unspecified atom stereocenters. The molecule has 1 N–H and O–H groups in total. The van der Waals surface area contributed by atoms with E-state index in [9.17, 15) is 9.59 Å². The van der Waals surface area contributed by atoms with Crippen molar-refractivity contribution in [1.82, 2.24) is 4.90 Å². The van der Waals surface area contributed by atoms with Crippen LogP contribution in [-0.2, 0) is 14.3 Å². The molecule has 0 saturated carbocycles. The van der Waals surface area contributed by atoms with Crippen molar-refractivity contribution < 1.29 is 14.3 Å². The van der Waals surface area contributed by atoms with Gasteiger partial charge in [-0.15, -0.1) is 0 Å². The first-order valence-corrected chi connectivity index (χ1v) is 7.30. The summed E-state index contributed by atoms with van der Waals surface area (Å²) in [5.74, 6) is -0.519. The van der Waals surface area contributed by atoms with E-state index in [1.54, 1.807) is 18.2 Å². The Morgan fingerprint density at radius 2 is 2.14 bits per heavy atom. The molecule has 1 aromatic carbocycles. The van der Waals surface area contributed by atoms with Crippen LogP contribution in [0.15, 0.2) is 18.2 Å². The van der Waals surface area contributed by atoms with E-state index in [1.165, 1.54) is 7.11 Å². The molecule has 1 aliphatic rings. The lowest BCUT2D eigenvalue weighted by Crippen LogP contribution is -2.32. The number of hydrogen-bond donors (Lipinski definition) is 1. The van der Waals surface area contributed by atoms with Crippen LogP contribution in [0.1, 0.15) is 6.42 Å². The number of esters is 1. The number of nitrogens with zero attached hydrogens (tertiary/aromatic N) is 1. The third kappa shape index (κ3) is 4.33. The molecule has 1 atom stereocenters. The molecule has 5 nitrogen and oxygen atoms in total. The van der Waals surface area contributed by atoms with Gasteiger partial charge in [0, 0.05) is 12.2 Å². The second-order valence-electron chi connectivity index (χ2n) is 4.92. The average Bonchev–Trinajstić information content (AvgIpc) is 2.90. The van der Waals surface area contributed by atoms with Crippen molar-refractivity contribution in [2.75, 3.05) is 32.1 Å². The van der Waals surface area contributed by atoms with Crippen molar-refractivity contribution in [2.24, 2.45) is 5.92 Å². The van der Waals surface area contributed by atoms with E-state index < -0.39 is 0 Å². The first kappa shape index (κ1) is 16.1. The lowest BCUT2D eigenvalue weighted by molar-refractivity contribution is -0.145. The molecule has 0 radical (unpaired) electrons. The van der Waals surface area contributed by atoms with Crippen molar-refractivity contribution >= 4 is 40.8 Å². The maximum atomic E-state index is 12.0. The Kier molecular flexibility index (Phi) is 5.45. The number of carbonyl (C=O) groups is 2. The summed E-state index contributed by atoms with van der Waals surface area (Å²) in [7, 11) is 1.38. The van der Waals surface area contributed by atoms with Crippen LogP contribution in [0.25, 0.3) is 0 Å². The molecule has 1 heterocycles. The van der Waals surface area contributed by atoms with Gasteiger partial charge in [-0.1, -0.05) is 23.2 Å². The number of hydrogen-bond acceptors (Lipinski definition) is 4. The van der Waals surface area contributed by atoms with Crippen LogP contribution in [0, 0.1) is 5.92 Å². The number of likely N-dealkylation sites (tertiary alicyclic amines) is 1. The van der Waals surface area contributed by atoms with Crippen LogP contribution in [0.3, 0.4) is 0 Å². The highest BCUT2D eigenvalue weighted by atomic mass is 35.5. The second-order valence-corrected chi connectivity index (χ2v) is 5.74.